The Bertz CT molecular complexity index is 947. The molecule has 0 fully saturated rings. The third-order valence-corrected chi connectivity index (χ3v) is 4.27. The number of hydrogen-bond donors (Lipinski definition) is 0. The first kappa shape index (κ1) is 13.1. The normalized spacial score (nSPS) is 11.5. The molecule has 4 heteroatoms. The van der Waals surface area contributed by atoms with Gasteiger partial charge in [-0.15, -0.1) is 10.2 Å². The molecule has 0 unspecified atom stereocenters. The zero-order chi connectivity index (χ0) is 15.1. The highest BCUT2D eigenvalue weighted by molar-refractivity contribution is 5.81. The second kappa shape index (κ2) is 4.98. The van der Waals surface area contributed by atoms with Gasteiger partial charge in [0.25, 0.3) is 0 Å². The first-order valence-electron chi connectivity index (χ1n) is 7.58. The molecule has 110 valence electrons. The van der Waals surface area contributed by atoms with Crippen molar-refractivity contribution in [1.82, 2.24) is 19.2 Å². The fourth-order valence-corrected chi connectivity index (χ4v) is 3.15. The Morgan fingerprint density at radius 2 is 1.73 bits per heavy atom. The fourth-order valence-electron chi connectivity index (χ4n) is 3.15. The van der Waals surface area contributed by atoms with Crippen LogP contribution in [0.5, 0.6) is 0 Å². The lowest BCUT2D eigenvalue weighted by molar-refractivity contribution is 0.703. The van der Waals surface area contributed by atoms with Gasteiger partial charge >= 0.3 is 0 Å². The summed E-state index contributed by atoms with van der Waals surface area (Å²) < 4.78 is 4.50. The molecule has 22 heavy (non-hydrogen) atoms. The number of aryl methyl sites for hydroxylation is 4. The summed E-state index contributed by atoms with van der Waals surface area (Å²) in [6.45, 7) is 5.14. The molecule has 0 aliphatic heterocycles. The van der Waals surface area contributed by atoms with Gasteiger partial charge in [-0.3, -0.25) is 4.40 Å². The molecule has 0 spiro atoms. The van der Waals surface area contributed by atoms with Crippen molar-refractivity contribution in [2.24, 2.45) is 0 Å². The topological polar surface area (TPSA) is 35.1 Å². The maximum absolute atomic E-state index is 4.20. The van der Waals surface area contributed by atoms with Crippen molar-refractivity contribution in [3.8, 4) is 0 Å². The van der Waals surface area contributed by atoms with Crippen molar-refractivity contribution >= 4 is 16.7 Å². The molecule has 4 rings (SSSR count). The van der Waals surface area contributed by atoms with Crippen LogP contribution in [0.15, 0.2) is 48.5 Å². The number of pyridine rings is 1. The number of hydrogen-bond acceptors (Lipinski definition) is 2. The molecule has 0 bridgehead atoms. The zero-order valence-electron chi connectivity index (χ0n) is 12.8. The van der Waals surface area contributed by atoms with Crippen molar-refractivity contribution in [3.05, 3.63) is 65.6 Å². The SMILES string of the molecule is Cc1cc2c(ccc3nnc(C)n32)n1CCc1ccccc1. The van der Waals surface area contributed by atoms with Crippen LogP contribution in [0, 0.1) is 13.8 Å². The molecule has 0 amide bonds. The van der Waals surface area contributed by atoms with Crippen molar-refractivity contribution in [3.63, 3.8) is 0 Å². The molecule has 0 aliphatic rings. The predicted octanol–water partition coefficient (Wildman–Crippen LogP) is 3.54. The third-order valence-electron chi connectivity index (χ3n) is 4.27. The Balaban J connectivity index is 1.79. The molecule has 4 aromatic rings. The van der Waals surface area contributed by atoms with Crippen LogP contribution in [-0.4, -0.2) is 19.2 Å². The minimum Gasteiger partial charge on any atom is -0.343 e. The number of nitrogens with zero attached hydrogens (tertiary/aromatic N) is 4. The summed E-state index contributed by atoms with van der Waals surface area (Å²) in [4.78, 5) is 0. The van der Waals surface area contributed by atoms with Crippen molar-refractivity contribution in [1.29, 1.82) is 0 Å². The third kappa shape index (κ3) is 1.99. The standard InChI is InChI=1S/C18H18N4/c1-13-12-17-16(8-9-18-20-19-14(2)22(17)18)21(13)11-10-15-6-4-3-5-7-15/h3-9,12H,10-11H2,1-2H3. The van der Waals surface area contributed by atoms with E-state index in [0.29, 0.717) is 0 Å². The molecule has 4 nitrogen and oxygen atoms in total. The fraction of sp³-hybridized carbons (Fsp3) is 0.222. The molecular weight excluding hydrogens is 272 g/mol. The molecule has 0 radical (unpaired) electrons. The summed E-state index contributed by atoms with van der Waals surface area (Å²) >= 11 is 0. The average molecular weight is 290 g/mol. The quantitative estimate of drug-likeness (QED) is 0.578. The van der Waals surface area contributed by atoms with Crippen LogP contribution in [0.3, 0.4) is 0 Å². The second-order valence-electron chi connectivity index (χ2n) is 5.72. The van der Waals surface area contributed by atoms with Gasteiger partial charge in [0.2, 0.25) is 0 Å². The van der Waals surface area contributed by atoms with Crippen LogP contribution < -0.4 is 0 Å². The summed E-state index contributed by atoms with van der Waals surface area (Å²) in [7, 11) is 0. The van der Waals surface area contributed by atoms with E-state index in [0.717, 1.165) is 24.4 Å². The van der Waals surface area contributed by atoms with E-state index in [2.05, 4.69) is 68.6 Å². The van der Waals surface area contributed by atoms with E-state index in [1.54, 1.807) is 0 Å². The second-order valence-corrected chi connectivity index (χ2v) is 5.72. The first-order valence-corrected chi connectivity index (χ1v) is 7.58. The molecule has 0 N–H and O–H groups in total. The van der Waals surface area contributed by atoms with Gasteiger partial charge in [0.15, 0.2) is 5.65 Å². The zero-order valence-corrected chi connectivity index (χ0v) is 12.8. The summed E-state index contributed by atoms with van der Waals surface area (Å²) in [6, 6.07) is 17.0. The summed E-state index contributed by atoms with van der Waals surface area (Å²) in [5.41, 5.74) is 5.97. The molecule has 0 saturated heterocycles. The van der Waals surface area contributed by atoms with E-state index < -0.39 is 0 Å². The van der Waals surface area contributed by atoms with E-state index in [9.17, 15) is 0 Å². The van der Waals surface area contributed by atoms with E-state index in [-0.39, 0.29) is 0 Å². The van der Waals surface area contributed by atoms with E-state index in [1.165, 1.54) is 22.3 Å². The smallest absolute Gasteiger partial charge is 0.161 e. The Morgan fingerprint density at radius 3 is 2.55 bits per heavy atom. The van der Waals surface area contributed by atoms with Gasteiger partial charge in [-0.25, -0.2) is 0 Å². The average Bonchev–Trinajstić information content (AvgIpc) is 3.06. The van der Waals surface area contributed by atoms with Gasteiger partial charge in [-0.1, -0.05) is 30.3 Å². The molecule has 3 heterocycles. The maximum Gasteiger partial charge on any atom is 0.161 e. The Labute approximate surface area is 129 Å². The minimum atomic E-state index is 0.908. The van der Waals surface area contributed by atoms with Crippen LogP contribution in [0.25, 0.3) is 16.7 Å². The molecule has 1 aromatic carbocycles. The number of rotatable bonds is 3. The summed E-state index contributed by atoms with van der Waals surface area (Å²) in [5, 5.41) is 8.39. The van der Waals surface area contributed by atoms with Gasteiger partial charge < -0.3 is 4.57 Å². The largest absolute Gasteiger partial charge is 0.343 e. The summed E-state index contributed by atoms with van der Waals surface area (Å²) in [6.07, 6.45) is 1.03. The van der Waals surface area contributed by atoms with Crippen molar-refractivity contribution in [2.75, 3.05) is 0 Å². The van der Waals surface area contributed by atoms with E-state index in [1.807, 2.05) is 13.0 Å². The van der Waals surface area contributed by atoms with Gasteiger partial charge in [-0.05, 0) is 44.0 Å². The van der Waals surface area contributed by atoms with Gasteiger partial charge in [0.05, 0.1) is 11.0 Å². The molecular formula is C18H18N4. The Morgan fingerprint density at radius 1 is 0.909 bits per heavy atom. The highest BCUT2D eigenvalue weighted by Gasteiger charge is 2.11. The highest BCUT2D eigenvalue weighted by Crippen LogP contribution is 2.22. The number of aromatic nitrogens is 4. The number of fused-ring (bicyclic) bond motifs is 3. The van der Waals surface area contributed by atoms with Crippen LogP contribution in [-0.2, 0) is 13.0 Å². The van der Waals surface area contributed by atoms with Crippen LogP contribution in [0.1, 0.15) is 17.1 Å². The highest BCUT2D eigenvalue weighted by atomic mass is 15.2. The van der Waals surface area contributed by atoms with Crippen LogP contribution >= 0.6 is 0 Å². The molecule has 0 aliphatic carbocycles. The number of benzene rings is 1. The molecule has 0 atom stereocenters. The van der Waals surface area contributed by atoms with Gasteiger partial charge in [0.1, 0.15) is 5.82 Å². The first-order chi connectivity index (χ1) is 10.7. The van der Waals surface area contributed by atoms with Gasteiger partial charge in [0, 0.05) is 12.2 Å². The lowest BCUT2D eigenvalue weighted by atomic mass is 10.1. The van der Waals surface area contributed by atoms with Crippen molar-refractivity contribution < 1.29 is 0 Å². The lowest BCUT2D eigenvalue weighted by Gasteiger charge is -2.08. The van der Waals surface area contributed by atoms with E-state index >= 15 is 0 Å². The van der Waals surface area contributed by atoms with Gasteiger partial charge in [-0.2, -0.15) is 0 Å². The lowest BCUT2D eigenvalue weighted by Crippen LogP contribution is -2.03. The maximum atomic E-state index is 4.20. The molecule has 3 aromatic heterocycles. The van der Waals surface area contributed by atoms with Crippen molar-refractivity contribution in [2.45, 2.75) is 26.8 Å². The monoisotopic (exact) mass is 290 g/mol. The minimum absolute atomic E-state index is 0.908. The van der Waals surface area contributed by atoms with E-state index in [4.69, 9.17) is 0 Å². The summed E-state index contributed by atoms with van der Waals surface area (Å²) in [5.74, 6) is 0.931. The Hall–Kier alpha value is -2.62. The molecule has 0 saturated carbocycles. The predicted molar refractivity (Wildman–Crippen MR) is 88.1 cm³/mol. The van der Waals surface area contributed by atoms with Crippen LogP contribution in [0.2, 0.25) is 0 Å². The van der Waals surface area contributed by atoms with Crippen LogP contribution in [0.4, 0.5) is 0 Å². The Kier molecular flexibility index (Phi) is 2.96.